The van der Waals surface area contributed by atoms with E-state index < -0.39 is 0 Å². The average Bonchev–Trinajstić information content (AvgIpc) is 3.29. The molecule has 0 saturated carbocycles. The molecule has 0 bridgehead atoms. The zero-order valence-electron chi connectivity index (χ0n) is 17.9. The Bertz CT molecular complexity index is 801. The van der Waals surface area contributed by atoms with E-state index in [4.69, 9.17) is 4.74 Å². The van der Waals surface area contributed by atoms with Gasteiger partial charge in [0.15, 0.2) is 0 Å². The molecule has 5 nitrogen and oxygen atoms in total. The lowest BCUT2D eigenvalue weighted by Crippen LogP contribution is -2.43. The van der Waals surface area contributed by atoms with Crippen LogP contribution in [0.4, 0.5) is 4.79 Å². The highest BCUT2D eigenvalue weighted by molar-refractivity contribution is 5.75. The van der Waals surface area contributed by atoms with Crippen LogP contribution in [0.1, 0.15) is 42.9 Å². The van der Waals surface area contributed by atoms with Gasteiger partial charge in [0.25, 0.3) is 0 Å². The van der Waals surface area contributed by atoms with E-state index in [9.17, 15) is 4.79 Å². The standard InChI is InChI=1S/C25H33N3O2/c1-30-23-11-9-22(10-12-23)24-8-5-15-28(24)25(29)26-18-20-13-16-27(17-14-20)19-21-6-3-2-4-7-21/h2-4,6-7,9-12,20,24H,5,8,13-19H2,1H3,(H,26,29). The molecule has 30 heavy (non-hydrogen) atoms. The summed E-state index contributed by atoms with van der Waals surface area (Å²) >= 11 is 0. The van der Waals surface area contributed by atoms with E-state index in [0.29, 0.717) is 5.92 Å². The van der Waals surface area contributed by atoms with Gasteiger partial charge in [0.1, 0.15) is 5.75 Å². The van der Waals surface area contributed by atoms with E-state index in [1.165, 1.54) is 11.1 Å². The number of hydrogen-bond acceptors (Lipinski definition) is 3. The Kier molecular flexibility index (Phi) is 6.90. The van der Waals surface area contributed by atoms with Gasteiger partial charge in [-0.3, -0.25) is 4.90 Å². The normalized spacial score (nSPS) is 20.3. The molecule has 2 aromatic carbocycles. The van der Waals surface area contributed by atoms with Gasteiger partial charge in [-0.05, 0) is 68.0 Å². The van der Waals surface area contributed by atoms with E-state index in [2.05, 4.69) is 52.7 Å². The lowest BCUT2D eigenvalue weighted by Gasteiger charge is -2.33. The van der Waals surface area contributed by atoms with Gasteiger partial charge in [0, 0.05) is 19.6 Å². The van der Waals surface area contributed by atoms with Gasteiger partial charge >= 0.3 is 6.03 Å². The van der Waals surface area contributed by atoms with Gasteiger partial charge in [0.2, 0.25) is 0 Å². The van der Waals surface area contributed by atoms with Crippen molar-refractivity contribution in [2.24, 2.45) is 5.92 Å². The van der Waals surface area contributed by atoms with Crippen molar-refractivity contribution >= 4 is 6.03 Å². The third-order valence-electron chi connectivity index (χ3n) is 6.51. The summed E-state index contributed by atoms with van der Waals surface area (Å²) in [5.41, 5.74) is 2.57. The quantitative estimate of drug-likeness (QED) is 0.769. The van der Waals surface area contributed by atoms with E-state index in [1.54, 1.807) is 7.11 Å². The Morgan fingerprint density at radius 1 is 1.00 bits per heavy atom. The van der Waals surface area contributed by atoms with Gasteiger partial charge in [-0.25, -0.2) is 4.79 Å². The van der Waals surface area contributed by atoms with Crippen LogP contribution < -0.4 is 10.1 Å². The Balaban J connectivity index is 1.23. The number of hydrogen-bond donors (Lipinski definition) is 1. The molecule has 2 aromatic rings. The fraction of sp³-hybridized carbons (Fsp3) is 0.480. The third kappa shape index (κ3) is 5.14. The second-order valence-electron chi connectivity index (χ2n) is 8.52. The predicted octanol–water partition coefficient (Wildman–Crippen LogP) is 4.45. The topological polar surface area (TPSA) is 44.8 Å². The minimum atomic E-state index is 0.0834. The lowest BCUT2D eigenvalue weighted by atomic mass is 9.96. The average molecular weight is 408 g/mol. The molecule has 1 N–H and O–H groups in total. The fourth-order valence-corrected chi connectivity index (χ4v) is 4.71. The van der Waals surface area contributed by atoms with Crippen molar-refractivity contribution in [1.29, 1.82) is 0 Å². The number of likely N-dealkylation sites (tertiary alicyclic amines) is 2. The summed E-state index contributed by atoms with van der Waals surface area (Å²) in [7, 11) is 1.68. The van der Waals surface area contributed by atoms with Crippen LogP contribution in [-0.2, 0) is 6.54 Å². The fourth-order valence-electron chi connectivity index (χ4n) is 4.71. The van der Waals surface area contributed by atoms with E-state index in [-0.39, 0.29) is 12.1 Å². The minimum Gasteiger partial charge on any atom is -0.497 e. The van der Waals surface area contributed by atoms with Crippen LogP contribution >= 0.6 is 0 Å². The zero-order chi connectivity index (χ0) is 20.8. The number of ether oxygens (including phenoxy) is 1. The second-order valence-corrected chi connectivity index (χ2v) is 8.52. The van der Waals surface area contributed by atoms with Crippen LogP contribution in [0.5, 0.6) is 5.75 Å². The highest BCUT2D eigenvalue weighted by Gasteiger charge is 2.30. The molecule has 0 aromatic heterocycles. The Hall–Kier alpha value is -2.53. The molecule has 2 heterocycles. The number of rotatable bonds is 6. The van der Waals surface area contributed by atoms with Crippen molar-refractivity contribution in [1.82, 2.24) is 15.1 Å². The molecule has 2 fully saturated rings. The zero-order valence-corrected chi connectivity index (χ0v) is 17.9. The second kappa shape index (κ2) is 9.98. The summed E-state index contributed by atoms with van der Waals surface area (Å²) in [5.74, 6) is 1.43. The molecule has 160 valence electrons. The predicted molar refractivity (Wildman–Crippen MR) is 120 cm³/mol. The van der Waals surface area contributed by atoms with Crippen molar-refractivity contribution in [3.63, 3.8) is 0 Å². The molecule has 0 aliphatic carbocycles. The van der Waals surface area contributed by atoms with Crippen LogP contribution in [-0.4, -0.2) is 49.1 Å². The first-order chi connectivity index (χ1) is 14.7. The molecule has 1 unspecified atom stereocenters. The molecule has 1 atom stereocenters. The Morgan fingerprint density at radius 2 is 1.73 bits per heavy atom. The number of benzene rings is 2. The summed E-state index contributed by atoms with van der Waals surface area (Å²) in [6.45, 7) is 4.85. The van der Waals surface area contributed by atoms with Crippen LogP contribution in [0, 0.1) is 5.92 Å². The molecular weight excluding hydrogens is 374 g/mol. The molecular formula is C25H33N3O2. The molecule has 0 spiro atoms. The van der Waals surface area contributed by atoms with Crippen molar-refractivity contribution in [3.8, 4) is 5.75 Å². The Labute approximate surface area is 180 Å². The maximum Gasteiger partial charge on any atom is 0.317 e. The van der Waals surface area contributed by atoms with Crippen LogP contribution in [0.3, 0.4) is 0 Å². The summed E-state index contributed by atoms with van der Waals surface area (Å²) in [5, 5.41) is 3.22. The van der Waals surface area contributed by atoms with Gasteiger partial charge in [-0.15, -0.1) is 0 Å². The third-order valence-corrected chi connectivity index (χ3v) is 6.51. The first-order valence-corrected chi connectivity index (χ1v) is 11.2. The number of carbonyl (C=O) groups excluding carboxylic acids is 1. The van der Waals surface area contributed by atoms with E-state index >= 15 is 0 Å². The highest BCUT2D eigenvalue weighted by Crippen LogP contribution is 2.32. The van der Waals surface area contributed by atoms with Crippen LogP contribution in [0.2, 0.25) is 0 Å². The summed E-state index contributed by atoms with van der Waals surface area (Å²) in [6.07, 6.45) is 4.38. The number of carbonyl (C=O) groups is 1. The van der Waals surface area contributed by atoms with Gasteiger partial charge in [-0.2, -0.15) is 0 Å². The number of nitrogens with zero attached hydrogens (tertiary/aromatic N) is 2. The smallest absolute Gasteiger partial charge is 0.317 e. The van der Waals surface area contributed by atoms with Crippen molar-refractivity contribution in [3.05, 3.63) is 65.7 Å². The van der Waals surface area contributed by atoms with Crippen molar-refractivity contribution < 1.29 is 9.53 Å². The van der Waals surface area contributed by atoms with Crippen molar-refractivity contribution in [2.45, 2.75) is 38.3 Å². The van der Waals surface area contributed by atoms with Gasteiger partial charge < -0.3 is 15.0 Å². The molecule has 2 aliphatic rings. The van der Waals surface area contributed by atoms with Gasteiger partial charge in [-0.1, -0.05) is 42.5 Å². The van der Waals surface area contributed by atoms with E-state index in [1.807, 2.05) is 17.0 Å². The lowest BCUT2D eigenvalue weighted by molar-refractivity contribution is 0.166. The van der Waals surface area contributed by atoms with E-state index in [0.717, 1.165) is 64.2 Å². The molecule has 4 rings (SSSR count). The van der Waals surface area contributed by atoms with Crippen LogP contribution in [0.25, 0.3) is 0 Å². The minimum absolute atomic E-state index is 0.0834. The van der Waals surface area contributed by atoms with Gasteiger partial charge in [0.05, 0.1) is 13.2 Å². The summed E-state index contributed by atoms with van der Waals surface area (Å²) in [6, 6.07) is 19.0. The first-order valence-electron chi connectivity index (χ1n) is 11.2. The highest BCUT2D eigenvalue weighted by atomic mass is 16.5. The molecule has 2 amide bonds. The number of methoxy groups -OCH3 is 1. The maximum atomic E-state index is 12.9. The number of nitrogens with one attached hydrogen (secondary N) is 1. The largest absolute Gasteiger partial charge is 0.497 e. The van der Waals surface area contributed by atoms with Crippen LogP contribution in [0.15, 0.2) is 54.6 Å². The Morgan fingerprint density at radius 3 is 2.43 bits per heavy atom. The molecule has 2 aliphatic heterocycles. The number of urea groups is 1. The summed E-state index contributed by atoms with van der Waals surface area (Å²) < 4.78 is 5.26. The SMILES string of the molecule is COc1ccc(C2CCCN2C(=O)NCC2CCN(Cc3ccccc3)CC2)cc1. The van der Waals surface area contributed by atoms with Crippen molar-refractivity contribution in [2.75, 3.05) is 33.3 Å². The first kappa shape index (κ1) is 20.7. The number of piperidine rings is 1. The number of amides is 2. The monoisotopic (exact) mass is 407 g/mol. The molecule has 2 saturated heterocycles. The maximum absolute atomic E-state index is 12.9. The molecule has 0 radical (unpaired) electrons. The molecule has 5 heteroatoms. The summed E-state index contributed by atoms with van der Waals surface area (Å²) in [4.78, 5) is 17.4.